The first-order chi connectivity index (χ1) is 7.46. The van der Waals surface area contributed by atoms with Crippen LogP contribution in [0.2, 0.25) is 0 Å². The highest BCUT2D eigenvalue weighted by Gasteiger charge is 2.39. The number of hydrogen-bond donors (Lipinski definition) is 2. The second-order valence-electron chi connectivity index (χ2n) is 2.97. The number of nitrogens with two attached hydrogens (primary N) is 1. The molecule has 1 aromatic rings. The number of carbonyl (C=O) groups is 1. The highest BCUT2D eigenvalue weighted by molar-refractivity contribution is 5.95. The molecular formula is C8H10F3N3O2. The number of carbonyl (C=O) groups excluding carboxylic acids is 1. The Kier molecular flexibility index (Phi) is 3.88. The molecule has 0 radical (unpaired) electrons. The largest absolute Gasteiger partial charge is 0.437 e. The van der Waals surface area contributed by atoms with Gasteiger partial charge in [-0.05, 0) is 13.0 Å². The van der Waals surface area contributed by atoms with Crippen molar-refractivity contribution in [2.24, 2.45) is 5.73 Å². The van der Waals surface area contributed by atoms with E-state index in [-0.39, 0.29) is 6.54 Å². The molecule has 0 saturated carbocycles. The van der Waals surface area contributed by atoms with Gasteiger partial charge in [0.2, 0.25) is 0 Å². The number of aromatic nitrogens is 1. The van der Waals surface area contributed by atoms with E-state index in [1.54, 1.807) is 0 Å². The van der Waals surface area contributed by atoms with Gasteiger partial charge in [-0.25, -0.2) is 0 Å². The van der Waals surface area contributed by atoms with Crippen LogP contribution < -0.4 is 11.1 Å². The van der Waals surface area contributed by atoms with Crippen LogP contribution in [0.5, 0.6) is 0 Å². The molecule has 0 aliphatic rings. The summed E-state index contributed by atoms with van der Waals surface area (Å²) in [4.78, 5) is 11.3. The zero-order chi connectivity index (χ0) is 12.2. The maximum absolute atomic E-state index is 12.3. The Hall–Kier alpha value is -1.57. The summed E-state index contributed by atoms with van der Waals surface area (Å²) in [6, 6.07) is 0. The van der Waals surface area contributed by atoms with Crippen LogP contribution in [0.1, 0.15) is 22.5 Å². The second kappa shape index (κ2) is 4.97. The fourth-order valence-electron chi connectivity index (χ4n) is 1.00. The van der Waals surface area contributed by atoms with E-state index >= 15 is 0 Å². The van der Waals surface area contributed by atoms with Crippen molar-refractivity contribution in [2.75, 3.05) is 13.1 Å². The van der Waals surface area contributed by atoms with Crippen LogP contribution in [-0.2, 0) is 6.18 Å². The SMILES string of the molecule is NCCCNC(=O)c1conc1C(F)(F)F. The first-order valence-electron chi connectivity index (χ1n) is 4.46. The molecule has 0 aliphatic carbocycles. The highest BCUT2D eigenvalue weighted by atomic mass is 19.4. The first kappa shape index (κ1) is 12.5. The van der Waals surface area contributed by atoms with Crippen molar-refractivity contribution in [1.29, 1.82) is 0 Å². The number of nitrogens with one attached hydrogen (secondary N) is 1. The lowest BCUT2D eigenvalue weighted by Crippen LogP contribution is -2.27. The number of alkyl halides is 3. The van der Waals surface area contributed by atoms with Gasteiger partial charge in [0, 0.05) is 6.54 Å². The van der Waals surface area contributed by atoms with Crippen molar-refractivity contribution in [3.8, 4) is 0 Å². The third-order valence-corrected chi connectivity index (χ3v) is 1.75. The van der Waals surface area contributed by atoms with Crippen molar-refractivity contribution < 1.29 is 22.5 Å². The average molecular weight is 237 g/mol. The van der Waals surface area contributed by atoms with Crippen LogP contribution in [0.25, 0.3) is 0 Å². The minimum atomic E-state index is -4.70. The molecule has 0 aromatic carbocycles. The highest BCUT2D eigenvalue weighted by Crippen LogP contribution is 2.30. The fraction of sp³-hybridized carbons (Fsp3) is 0.500. The third-order valence-electron chi connectivity index (χ3n) is 1.75. The lowest BCUT2D eigenvalue weighted by molar-refractivity contribution is -0.143. The van der Waals surface area contributed by atoms with Gasteiger partial charge in [0.05, 0.1) is 0 Å². The third kappa shape index (κ3) is 2.96. The van der Waals surface area contributed by atoms with E-state index in [0.29, 0.717) is 19.2 Å². The molecule has 0 fully saturated rings. The summed E-state index contributed by atoms with van der Waals surface area (Å²) in [6.07, 6.45) is -3.55. The topological polar surface area (TPSA) is 81.1 Å². The van der Waals surface area contributed by atoms with Crippen LogP contribution in [0.4, 0.5) is 13.2 Å². The Morgan fingerprint density at radius 1 is 1.56 bits per heavy atom. The van der Waals surface area contributed by atoms with E-state index in [2.05, 4.69) is 15.0 Å². The van der Waals surface area contributed by atoms with E-state index in [1.807, 2.05) is 0 Å². The molecule has 1 heterocycles. The monoisotopic (exact) mass is 237 g/mol. The molecule has 0 unspecified atom stereocenters. The number of hydrogen-bond acceptors (Lipinski definition) is 4. The van der Waals surface area contributed by atoms with E-state index in [4.69, 9.17) is 5.73 Å². The van der Waals surface area contributed by atoms with Crippen molar-refractivity contribution in [1.82, 2.24) is 10.5 Å². The van der Waals surface area contributed by atoms with Crippen LogP contribution in [0.15, 0.2) is 10.8 Å². The maximum atomic E-state index is 12.3. The molecule has 0 aliphatic heterocycles. The predicted molar refractivity (Wildman–Crippen MR) is 47.5 cm³/mol. The summed E-state index contributed by atoms with van der Waals surface area (Å²) >= 11 is 0. The van der Waals surface area contributed by atoms with Crippen molar-refractivity contribution >= 4 is 5.91 Å². The van der Waals surface area contributed by atoms with E-state index < -0.39 is 23.3 Å². The lowest BCUT2D eigenvalue weighted by Gasteiger charge is -2.05. The summed E-state index contributed by atoms with van der Waals surface area (Å²) in [5, 5.41) is 5.03. The van der Waals surface area contributed by atoms with Crippen molar-refractivity contribution in [3.63, 3.8) is 0 Å². The molecule has 0 bridgehead atoms. The van der Waals surface area contributed by atoms with Crippen LogP contribution >= 0.6 is 0 Å². The Balaban J connectivity index is 2.73. The minimum Gasteiger partial charge on any atom is -0.363 e. The first-order valence-corrected chi connectivity index (χ1v) is 4.46. The van der Waals surface area contributed by atoms with Crippen LogP contribution in [-0.4, -0.2) is 24.2 Å². The van der Waals surface area contributed by atoms with Gasteiger partial charge in [-0.15, -0.1) is 0 Å². The van der Waals surface area contributed by atoms with Crippen LogP contribution in [0.3, 0.4) is 0 Å². The van der Waals surface area contributed by atoms with Gasteiger partial charge in [0.1, 0.15) is 11.8 Å². The minimum absolute atomic E-state index is 0.206. The van der Waals surface area contributed by atoms with E-state index in [1.165, 1.54) is 0 Å². The fourth-order valence-corrected chi connectivity index (χ4v) is 1.00. The molecular weight excluding hydrogens is 227 g/mol. The van der Waals surface area contributed by atoms with Gasteiger partial charge in [0.15, 0.2) is 5.69 Å². The molecule has 0 atom stereocenters. The van der Waals surface area contributed by atoms with Gasteiger partial charge in [-0.2, -0.15) is 13.2 Å². The molecule has 1 aromatic heterocycles. The molecule has 1 amide bonds. The van der Waals surface area contributed by atoms with Crippen molar-refractivity contribution in [2.45, 2.75) is 12.6 Å². The quantitative estimate of drug-likeness (QED) is 0.758. The maximum Gasteiger partial charge on any atom is 0.437 e. The summed E-state index contributed by atoms with van der Waals surface area (Å²) < 4.78 is 41.1. The molecule has 0 spiro atoms. The Labute approximate surface area is 88.8 Å². The number of amides is 1. The van der Waals surface area contributed by atoms with E-state index in [0.717, 1.165) is 0 Å². The zero-order valence-corrected chi connectivity index (χ0v) is 8.17. The number of rotatable bonds is 4. The predicted octanol–water partition coefficient (Wildman–Crippen LogP) is 0.772. The molecule has 90 valence electrons. The summed E-state index contributed by atoms with van der Waals surface area (Å²) in [5.41, 5.74) is 3.23. The number of nitrogens with zero attached hydrogens (tertiary/aromatic N) is 1. The Morgan fingerprint density at radius 2 is 2.25 bits per heavy atom. The van der Waals surface area contributed by atoms with Gasteiger partial charge in [0.25, 0.3) is 5.91 Å². The summed E-state index contributed by atoms with van der Waals surface area (Å²) in [7, 11) is 0. The lowest BCUT2D eigenvalue weighted by atomic mass is 10.2. The molecule has 1 rings (SSSR count). The molecule has 8 heteroatoms. The van der Waals surface area contributed by atoms with Gasteiger partial charge >= 0.3 is 6.18 Å². The van der Waals surface area contributed by atoms with E-state index in [9.17, 15) is 18.0 Å². The smallest absolute Gasteiger partial charge is 0.363 e. The molecule has 5 nitrogen and oxygen atoms in total. The number of halogens is 3. The normalized spacial score (nSPS) is 11.5. The molecule has 3 N–H and O–H groups in total. The van der Waals surface area contributed by atoms with Gasteiger partial charge in [-0.1, -0.05) is 5.16 Å². The molecule has 16 heavy (non-hydrogen) atoms. The second-order valence-corrected chi connectivity index (χ2v) is 2.97. The van der Waals surface area contributed by atoms with Gasteiger partial charge < -0.3 is 15.6 Å². The molecule has 0 saturated heterocycles. The van der Waals surface area contributed by atoms with Crippen molar-refractivity contribution in [3.05, 3.63) is 17.5 Å². The zero-order valence-electron chi connectivity index (χ0n) is 8.17. The van der Waals surface area contributed by atoms with Gasteiger partial charge in [-0.3, -0.25) is 4.79 Å². The van der Waals surface area contributed by atoms with Crippen LogP contribution in [0, 0.1) is 0 Å². The standard InChI is InChI=1S/C8H10F3N3O2/c9-8(10,11)6-5(4-16-14-6)7(15)13-3-1-2-12/h4H,1-3,12H2,(H,13,15). The summed E-state index contributed by atoms with van der Waals surface area (Å²) in [5.74, 6) is -0.873. The Bertz CT molecular complexity index is 362. The average Bonchev–Trinajstić information content (AvgIpc) is 2.65. The summed E-state index contributed by atoms with van der Waals surface area (Å²) in [6.45, 7) is 0.549. The Morgan fingerprint density at radius 3 is 2.81 bits per heavy atom.